The number of rotatable bonds is 6. The maximum atomic E-state index is 6.45. The van der Waals surface area contributed by atoms with E-state index in [1.54, 1.807) is 0 Å². The first-order valence-electron chi connectivity index (χ1n) is 16.3. The predicted molar refractivity (Wildman–Crippen MR) is 202 cm³/mol. The normalized spacial score (nSPS) is 11.3. The Hall–Kier alpha value is -6.38. The van der Waals surface area contributed by atoms with Crippen molar-refractivity contribution in [3.05, 3.63) is 188 Å². The summed E-state index contributed by atoms with van der Waals surface area (Å²) >= 11 is 0. The van der Waals surface area contributed by atoms with Gasteiger partial charge in [-0.2, -0.15) is 0 Å². The number of hydrogen-bond donors (Lipinski definition) is 0. The molecule has 9 rings (SSSR count). The van der Waals surface area contributed by atoms with Crippen LogP contribution in [0.15, 0.2) is 192 Å². The highest BCUT2D eigenvalue weighted by atomic mass is 16.3. The zero-order chi connectivity index (χ0) is 31.9. The van der Waals surface area contributed by atoms with Crippen LogP contribution in [0.1, 0.15) is 0 Å². The monoisotopic (exact) mass is 613 g/mol. The first-order valence-corrected chi connectivity index (χ1v) is 16.3. The van der Waals surface area contributed by atoms with Crippen LogP contribution < -0.4 is 4.90 Å². The van der Waals surface area contributed by atoms with Crippen LogP contribution in [-0.2, 0) is 0 Å². The van der Waals surface area contributed by atoms with Crippen molar-refractivity contribution in [1.29, 1.82) is 0 Å². The molecule has 0 spiro atoms. The van der Waals surface area contributed by atoms with E-state index in [9.17, 15) is 0 Å². The molecule has 0 saturated carbocycles. The fourth-order valence-electron chi connectivity index (χ4n) is 6.89. The number of hydrogen-bond acceptors (Lipinski definition) is 2. The first kappa shape index (κ1) is 27.9. The summed E-state index contributed by atoms with van der Waals surface area (Å²) in [6.45, 7) is 0. The molecule has 9 aromatic rings. The number of fused-ring (bicyclic) bond motifs is 4. The van der Waals surface area contributed by atoms with E-state index in [0.29, 0.717) is 0 Å². The van der Waals surface area contributed by atoms with Crippen LogP contribution in [-0.4, -0.2) is 0 Å². The van der Waals surface area contributed by atoms with E-state index in [2.05, 4.69) is 193 Å². The van der Waals surface area contributed by atoms with Gasteiger partial charge in [0, 0.05) is 27.8 Å². The van der Waals surface area contributed by atoms with Gasteiger partial charge >= 0.3 is 0 Å². The van der Waals surface area contributed by atoms with Crippen molar-refractivity contribution in [3.63, 3.8) is 0 Å². The van der Waals surface area contributed by atoms with E-state index in [4.69, 9.17) is 4.42 Å². The van der Waals surface area contributed by atoms with Crippen molar-refractivity contribution in [1.82, 2.24) is 0 Å². The van der Waals surface area contributed by atoms with Crippen molar-refractivity contribution in [2.75, 3.05) is 4.90 Å². The summed E-state index contributed by atoms with van der Waals surface area (Å²) in [6.07, 6.45) is 0. The zero-order valence-corrected chi connectivity index (χ0v) is 26.3. The average molecular weight is 614 g/mol. The molecular formula is C46H31NO. The Labute approximate surface area is 279 Å². The molecular weight excluding hydrogens is 583 g/mol. The van der Waals surface area contributed by atoms with Gasteiger partial charge in [0.1, 0.15) is 11.2 Å². The second kappa shape index (κ2) is 11.8. The maximum Gasteiger partial charge on any atom is 0.136 e. The van der Waals surface area contributed by atoms with Crippen LogP contribution in [0.3, 0.4) is 0 Å². The number of nitrogens with zero attached hydrogens (tertiary/aromatic N) is 1. The minimum atomic E-state index is 0.875. The van der Waals surface area contributed by atoms with Gasteiger partial charge in [0.05, 0.1) is 0 Å². The number of anilines is 3. The predicted octanol–water partition coefficient (Wildman–Crippen LogP) is 13.2. The van der Waals surface area contributed by atoms with Crippen LogP contribution in [0.4, 0.5) is 17.1 Å². The number of benzene rings is 8. The summed E-state index contributed by atoms with van der Waals surface area (Å²) in [5, 5.41) is 4.72. The first-order chi connectivity index (χ1) is 23.8. The lowest BCUT2D eigenvalue weighted by Gasteiger charge is -2.25. The van der Waals surface area contributed by atoms with Crippen LogP contribution in [0, 0.1) is 0 Å². The highest BCUT2D eigenvalue weighted by molar-refractivity contribution is 6.13. The number of para-hydroxylation sites is 1. The van der Waals surface area contributed by atoms with Gasteiger partial charge in [-0.1, -0.05) is 127 Å². The van der Waals surface area contributed by atoms with Crippen molar-refractivity contribution >= 4 is 49.8 Å². The number of furan rings is 1. The second-order valence-corrected chi connectivity index (χ2v) is 12.2. The van der Waals surface area contributed by atoms with E-state index in [-0.39, 0.29) is 0 Å². The SMILES string of the molecule is c1ccc(-c2cccc(-c3cccc4oc5ccc(N(c6ccccc6)c6ccc(-c7ccc8ccccc8c7)cc6)cc5c34)c2)cc1. The summed E-state index contributed by atoms with van der Waals surface area (Å²) < 4.78 is 6.45. The average Bonchev–Trinajstić information content (AvgIpc) is 3.54. The third-order valence-corrected chi connectivity index (χ3v) is 9.24. The second-order valence-electron chi connectivity index (χ2n) is 12.2. The lowest BCUT2D eigenvalue weighted by molar-refractivity contribution is 0.669. The highest BCUT2D eigenvalue weighted by Crippen LogP contribution is 2.42. The molecule has 8 aromatic carbocycles. The van der Waals surface area contributed by atoms with Gasteiger partial charge in [0.2, 0.25) is 0 Å². The molecule has 0 atom stereocenters. The quantitative estimate of drug-likeness (QED) is 0.185. The topological polar surface area (TPSA) is 16.4 Å². The Morgan fingerprint density at radius 1 is 0.333 bits per heavy atom. The molecule has 226 valence electrons. The molecule has 0 aliphatic heterocycles. The Kier molecular flexibility index (Phi) is 6.84. The van der Waals surface area contributed by atoms with Gasteiger partial charge in [-0.3, -0.25) is 0 Å². The minimum Gasteiger partial charge on any atom is -0.456 e. The fourth-order valence-corrected chi connectivity index (χ4v) is 6.89. The van der Waals surface area contributed by atoms with E-state index < -0.39 is 0 Å². The van der Waals surface area contributed by atoms with Gasteiger partial charge in [0.15, 0.2) is 0 Å². The molecule has 2 nitrogen and oxygen atoms in total. The molecule has 0 amide bonds. The van der Waals surface area contributed by atoms with Crippen LogP contribution in [0.2, 0.25) is 0 Å². The molecule has 2 heteroatoms. The molecule has 0 aliphatic carbocycles. The molecule has 0 fully saturated rings. The zero-order valence-electron chi connectivity index (χ0n) is 26.3. The van der Waals surface area contributed by atoms with Gasteiger partial charge in [0.25, 0.3) is 0 Å². The molecule has 0 radical (unpaired) electrons. The van der Waals surface area contributed by atoms with Crippen molar-refractivity contribution in [2.24, 2.45) is 0 Å². The summed E-state index contributed by atoms with van der Waals surface area (Å²) in [4.78, 5) is 2.32. The Morgan fingerprint density at radius 3 is 1.77 bits per heavy atom. The summed E-state index contributed by atoms with van der Waals surface area (Å²) in [6, 6.07) is 66.9. The molecule has 0 N–H and O–H groups in total. The van der Waals surface area contributed by atoms with Gasteiger partial charge in [-0.25, -0.2) is 0 Å². The van der Waals surface area contributed by atoms with Crippen LogP contribution in [0.5, 0.6) is 0 Å². The Bertz CT molecular complexity index is 2550. The standard InChI is InChI=1S/C46H31NO/c1-3-11-32(12-4-1)36-15-9-16-38(30-36)42-19-10-20-45-46(42)43-31-41(27-28-44(43)48-45)47(39-17-5-2-6-18-39)40-25-23-34(24-26-40)37-22-21-33-13-7-8-14-35(33)29-37/h1-31H. The van der Waals surface area contributed by atoms with E-state index in [1.807, 2.05) is 0 Å². The molecule has 0 saturated heterocycles. The van der Waals surface area contributed by atoms with Crippen LogP contribution in [0.25, 0.3) is 66.1 Å². The van der Waals surface area contributed by atoms with Crippen LogP contribution >= 0.6 is 0 Å². The Morgan fingerprint density at radius 2 is 0.938 bits per heavy atom. The molecule has 0 bridgehead atoms. The Balaban J connectivity index is 1.16. The van der Waals surface area contributed by atoms with Crippen molar-refractivity contribution in [2.45, 2.75) is 0 Å². The third kappa shape index (κ3) is 5.01. The molecule has 0 unspecified atom stereocenters. The summed E-state index contributed by atoms with van der Waals surface area (Å²) in [5.74, 6) is 0. The lowest BCUT2D eigenvalue weighted by Crippen LogP contribution is -2.09. The minimum absolute atomic E-state index is 0.875. The van der Waals surface area contributed by atoms with E-state index in [0.717, 1.165) is 44.6 Å². The summed E-state index contributed by atoms with van der Waals surface area (Å²) in [7, 11) is 0. The molecule has 48 heavy (non-hydrogen) atoms. The fraction of sp³-hybridized carbons (Fsp3) is 0. The molecule has 0 aliphatic rings. The third-order valence-electron chi connectivity index (χ3n) is 9.24. The largest absolute Gasteiger partial charge is 0.456 e. The van der Waals surface area contributed by atoms with Gasteiger partial charge in [-0.15, -0.1) is 0 Å². The van der Waals surface area contributed by atoms with E-state index >= 15 is 0 Å². The van der Waals surface area contributed by atoms with E-state index in [1.165, 1.54) is 38.6 Å². The van der Waals surface area contributed by atoms with Gasteiger partial charge < -0.3 is 9.32 Å². The molecule has 1 heterocycles. The molecule has 1 aromatic heterocycles. The summed E-state index contributed by atoms with van der Waals surface area (Å²) in [5.41, 5.74) is 12.1. The highest BCUT2D eigenvalue weighted by Gasteiger charge is 2.18. The lowest BCUT2D eigenvalue weighted by atomic mass is 9.96. The smallest absolute Gasteiger partial charge is 0.136 e. The van der Waals surface area contributed by atoms with Crippen molar-refractivity contribution < 1.29 is 4.42 Å². The van der Waals surface area contributed by atoms with Crippen molar-refractivity contribution in [3.8, 4) is 33.4 Å². The van der Waals surface area contributed by atoms with Gasteiger partial charge in [-0.05, 0) is 105 Å². The maximum absolute atomic E-state index is 6.45.